The fraction of sp³-hybridized carbons (Fsp3) is 0.0909. The van der Waals surface area contributed by atoms with E-state index in [4.69, 9.17) is 21.4 Å². The zero-order valence-corrected chi connectivity index (χ0v) is 15.9. The molecule has 0 N–H and O–H groups in total. The number of benzene rings is 2. The number of pyridine rings is 1. The molecule has 0 atom stereocenters. The smallest absolute Gasteiger partial charge is 0.142 e. The highest BCUT2D eigenvalue weighted by atomic mass is 35.5. The zero-order chi connectivity index (χ0) is 19.5. The molecule has 0 aliphatic heterocycles. The van der Waals surface area contributed by atoms with Gasteiger partial charge in [-0.05, 0) is 54.4 Å². The summed E-state index contributed by atoms with van der Waals surface area (Å²) in [7, 11) is 0. The van der Waals surface area contributed by atoms with Crippen LogP contribution in [-0.4, -0.2) is 15.6 Å². The van der Waals surface area contributed by atoms with Crippen molar-refractivity contribution in [1.82, 2.24) is 9.38 Å². The van der Waals surface area contributed by atoms with Gasteiger partial charge in [-0.1, -0.05) is 41.0 Å². The summed E-state index contributed by atoms with van der Waals surface area (Å²) in [6.45, 7) is 2.28. The third kappa shape index (κ3) is 3.89. The lowest BCUT2D eigenvalue weighted by atomic mass is 10.1. The van der Waals surface area contributed by atoms with Crippen LogP contribution < -0.4 is 0 Å². The monoisotopic (exact) mass is 393 g/mol. The van der Waals surface area contributed by atoms with E-state index in [1.54, 1.807) is 18.3 Å². The second-order valence-electron chi connectivity index (χ2n) is 6.42. The van der Waals surface area contributed by atoms with Gasteiger partial charge in [-0.2, -0.15) is 0 Å². The molecular formula is C22H17ClFN3O. The molecule has 0 aliphatic rings. The summed E-state index contributed by atoms with van der Waals surface area (Å²) in [5.41, 5.74) is 5.31. The van der Waals surface area contributed by atoms with Gasteiger partial charge in [0, 0.05) is 16.8 Å². The van der Waals surface area contributed by atoms with Crippen LogP contribution in [0.15, 0.2) is 72.0 Å². The second kappa shape index (κ2) is 7.82. The molecule has 0 bridgehead atoms. The zero-order valence-electron chi connectivity index (χ0n) is 15.1. The Hall–Kier alpha value is -3.18. The van der Waals surface area contributed by atoms with Gasteiger partial charge >= 0.3 is 0 Å². The number of halogens is 2. The van der Waals surface area contributed by atoms with Crippen molar-refractivity contribution in [1.29, 1.82) is 0 Å². The first-order valence-corrected chi connectivity index (χ1v) is 9.12. The number of nitrogens with zero attached hydrogens (tertiary/aromatic N) is 3. The fourth-order valence-electron chi connectivity index (χ4n) is 2.89. The number of hydrogen-bond acceptors (Lipinski definition) is 3. The minimum absolute atomic E-state index is 0.253. The molecule has 0 fully saturated rings. The van der Waals surface area contributed by atoms with Gasteiger partial charge in [0.05, 0.1) is 17.6 Å². The summed E-state index contributed by atoms with van der Waals surface area (Å²) >= 11 is 6.01. The molecule has 6 heteroatoms. The topological polar surface area (TPSA) is 38.9 Å². The molecular weight excluding hydrogens is 377 g/mol. The Kier molecular flexibility index (Phi) is 5.08. The Morgan fingerprint density at radius 1 is 1.11 bits per heavy atom. The van der Waals surface area contributed by atoms with Gasteiger partial charge in [0.25, 0.3) is 0 Å². The van der Waals surface area contributed by atoms with E-state index in [1.807, 2.05) is 53.9 Å². The molecule has 0 amide bonds. The summed E-state index contributed by atoms with van der Waals surface area (Å²) in [6, 6.07) is 17.7. The quantitative estimate of drug-likeness (QED) is 0.324. The Bertz CT molecular complexity index is 1140. The molecule has 2 heterocycles. The molecule has 4 nitrogen and oxygen atoms in total. The highest BCUT2D eigenvalue weighted by Gasteiger charge is 2.13. The van der Waals surface area contributed by atoms with Gasteiger partial charge in [0.2, 0.25) is 0 Å². The van der Waals surface area contributed by atoms with Crippen LogP contribution >= 0.6 is 11.6 Å². The summed E-state index contributed by atoms with van der Waals surface area (Å²) in [4.78, 5) is 10.2. The molecule has 140 valence electrons. The molecule has 0 saturated heterocycles. The average molecular weight is 394 g/mol. The largest absolute Gasteiger partial charge is 0.391 e. The van der Waals surface area contributed by atoms with Crippen molar-refractivity contribution >= 4 is 23.5 Å². The Morgan fingerprint density at radius 3 is 2.61 bits per heavy atom. The first-order chi connectivity index (χ1) is 13.6. The molecule has 0 spiro atoms. The van der Waals surface area contributed by atoms with Crippen LogP contribution in [0.5, 0.6) is 0 Å². The molecule has 0 saturated carbocycles. The van der Waals surface area contributed by atoms with Gasteiger partial charge < -0.3 is 4.84 Å². The van der Waals surface area contributed by atoms with Crippen molar-refractivity contribution in [3.63, 3.8) is 0 Å². The number of oxime groups is 1. The minimum Gasteiger partial charge on any atom is -0.391 e. The van der Waals surface area contributed by atoms with Gasteiger partial charge in [-0.15, -0.1) is 0 Å². The van der Waals surface area contributed by atoms with E-state index in [-0.39, 0.29) is 12.4 Å². The molecule has 28 heavy (non-hydrogen) atoms. The summed E-state index contributed by atoms with van der Waals surface area (Å²) in [5, 5.41) is 4.77. The number of aromatic nitrogens is 2. The Labute approximate surface area is 166 Å². The van der Waals surface area contributed by atoms with Crippen LogP contribution in [0.4, 0.5) is 4.39 Å². The van der Waals surface area contributed by atoms with Gasteiger partial charge in [-0.25, -0.2) is 9.37 Å². The maximum Gasteiger partial charge on any atom is 0.142 e. The number of rotatable bonds is 5. The van der Waals surface area contributed by atoms with E-state index in [0.29, 0.717) is 5.02 Å². The van der Waals surface area contributed by atoms with Gasteiger partial charge in [0.1, 0.15) is 18.1 Å². The van der Waals surface area contributed by atoms with Gasteiger partial charge in [-0.3, -0.25) is 4.40 Å². The molecule has 2 aromatic heterocycles. The van der Waals surface area contributed by atoms with Crippen LogP contribution in [0.25, 0.3) is 16.9 Å². The van der Waals surface area contributed by atoms with Crippen molar-refractivity contribution in [2.45, 2.75) is 13.5 Å². The van der Waals surface area contributed by atoms with Gasteiger partial charge in [0.15, 0.2) is 0 Å². The minimum atomic E-state index is -0.277. The van der Waals surface area contributed by atoms with E-state index in [0.717, 1.165) is 33.7 Å². The highest BCUT2D eigenvalue weighted by Crippen LogP contribution is 2.25. The van der Waals surface area contributed by atoms with E-state index in [1.165, 1.54) is 12.1 Å². The van der Waals surface area contributed by atoms with E-state index < -0.39 is 0 Å². The third-order valence-electron chi connectivity index (χ3n) is 4.33. The van der Waals surface area contributed by atoms with Crippen molar-refractivity contribution in [2.75, 3.05) is 0 Å². The average Bonchev–Trinajstić information content (AvgIpc) is 3.04. The predicted octanol–water partition coefficient (Wildman–Crippen LogP) is 5.65. The lowest BCUT2D eigenvalue weighted by Crippen LogP contribution is -1.95. The van der Waals surface area contributed by atoms with Crippen molar-refractivity contribution in [3.8, 4) is 11.3 Å². The number of aryl methyl sites for hydroxylation is 1. The van der Waals surface area contributed by atoms with Crippen LogP contribution in [0.2, 0.25) is 5.02 Å². The lowest BCUT2D eigenvalue weighted by molar-refractivity contribution is 0.132. The molecule has 2 aromatic carbocycles. The molecule has 0 unspecified atom stereocenters. The third-order valence-corrected chi connectivity index (χ3v) is 4.58. The maximum absolute atomic E-state index is 13.0. The van der Waals surface area contributed by atoms with Crippen LogP contribution in [0.1, 0.15) is 16.8 Å². The number of imidazole rings is 1. The first kappa shape index (κ1) is 18.2. The Balaban J connectivity index is 1.65. The first-order valence-electron chi connectivity index (χ1n) is 8.74. The standard InChI is InChI=1S/C22H17ClFN3O/c1-15-10-11-27-20(13-25-28-14-16-2-8-19(24)9-3-16)22(26-21(27)12-15)17-4-6-18(23)7-5-17/h2-13H,14H2,1H3/b25-13+. The molecule has 4 aromatic rings. The number of hydrogen-bond donors (Lipinski definition) is 0. The van der Waals surface area contributed by atoms with E-state index >= 15 is 0 Å². The normalized spacial score (nSPS) is 11.4. The SMILES string of the molecule is Cc1ccn2c(/C=N/OCc3ccc(F)cc3)c(-c3ccc(Cl)cc3)nc2c1. The molecule has 0 aliphatic carbocycles. The van der Waals surface area contributed by atoms with Crippen molar-refractivity contribution in [3.05, 3.63) is 94.5 Å². The van der Waals surface area contributed by atoms with E-state index in [2.05, 4.69) is 5.16 Å². The summed E-state index contributed by atoms with van der Waals surface area (Å²) < 4.78 is 14.9. The van der Waals surface area contributed by atoms with Crippen molar-refractivity contribution in [2.24, 2.45) is 5.16 Å². The van der Waals surface area contributed by atoms with E-state index in [9.17, 15) is 4.39 Å². The molecule has 0 radical (unpaired) electrons. The Morgan fingerprint density at radius 2 is 1.86 bits per heavy atom. The van der Waals surface area contributed by atoms with Crippen LogP contribution in [0.3, 0.4) is 0 Å². The highest BCUT2D eigenvalue weighted by molar-refractivity contribution is 6.30. The second-order valence-corrected chi connectivity index (χ2v) is 6.86. The maximum atomic E-state index is 13.0. The van der Waals surface area contributed by atoms with Crippen molar-refractivity contribution < 1.29 is 9.23 Å². The van der Waals surface area contributed by atoms with Crippen LogP contribution in [-0.2, 0) is 11.4 Å². The molecule has 4 rings (SSSR count). The summed E-state index contributed by atoms with van der Waals surface area (Å²) in [5.74, 6) is -0.277. The lowest BCUT2D eigenvalue weighted by Gasteiger charge is -2.02. The fourth-order valence-corrected chi connectivity index (χ4v) is 3.01. The summed E-state index contributed by atoms with van der Waals surface area (Å²) in [6.07, 6.45) is 3.60. The predicted molar refractivity (Wildman–Crippen MR) is 109 cm³/mol. The number of fused-ring (bicyclic) bond motifs is 1. The van der Waals surface area contributed by atoms with Crippen LogP contribution in [0, 0.1) is 12.7 Å².